The number of anilines is 1. The van der Waals surface area contributed by atoms with Gasteiger partial charge >= 0.3 is 0 Å². The molecule has 1 N–H and O–H groups in total. The second-order valence-electron chi connectivity index (χ2n) is 6.49. The van der Waals surface area contributed by atoms with Gasteiger partial charge in [-0.1, -0.05) is 6.08 Å². The first-order valence-corrected chi connectivity index (χ1v) is 8.79. The molecule has 0 radical (unpaired) electrons. The number of hydrogen-bond acceptors (Lipinski definition) is 8. The van der Waals surface area contributed by atoms with E-state index in [1.54, 1.807) is 12.4 Å². The van der Waals surface area contributed by atoms with Gasteiger partial charge in [-0.2, -0.15) is 0 Å². The molecule has 0 bridgehead atoms. The van der Waals surface area contributed by atoms with Crippen LogP contribution in [0.2, 0.25) is 0 Å². The molecule has 9 heteroatoms. The Morgan fingerprint density at radius 3 is 2.85 bits per heavy atom. The van der Waals surface area contributed by atoms with Crippen molar-refractivity contribution in [2.45, 2.75) is 31.8 Å². The number of aromatic nitrogens is 2. The highest BCUT2D eigenvalue weighted by Crippen LogP contribution is 2.31. The van der Waals surface area contributed by atoms with Crippen LogP contribution >= 0.6 is 0 Å². The molecule has 1 saturated heterocycles. The summed E-state index contributed by atoms with van der Waals surface area (Å²) in [4.78, 5) is 16.7. The van der Waals surface area contributed by atoms with Crippen molar-refractivity contribution in [2.75, 3.05) is 46.0 Å². The first-order chi connectivity index (χ1) is 13.0. The van der Waals surface area contributed by atoms with Crippen LogP contribution in [-0.4, -0.2) is 85.9 Å². The maximum Gasteiger partial charge on any atom is 0.161 e. The number of aliphatic hydroxyl groups excluding tert-OH is 1. The highest BCUT2D eigenvalue weighted by molar-refractivity contribution is 5.63. The second-order valence-corrected chi connectivity index (χ2v) is 6.49. The van der Waals surface area contributed by atoms with E-state index in [1.165, 1.54) is 6.33 Å². The summed E-state index contributed by atoms with van der Waals surface area (Å²) in [6, 6.07) is 0. The topological polar surface area (TPSA) is 92.5 Å². The third-order valence-corrected chi connectivity index (χ3v) is 4.17. The number of nitrogens with zero attached hydrogens (tertiary/aromatic N) is 5. The quantitative estimate of drug-likeness (QED) is 0.212. The van der Waals surface area contributed by atoms with Crippen LogP contribution in [0, 0.1) is 6.92 Å². The molecular formula is C18H29N5O4. The first kappa shape index (κ1) is 21.2. The predicted octanol–water partition coefficient (Wildman–Crippen LogP) is 1.10. The Hall–Kier alpha value is -2.07. The van der Waals surface area contributed by atoms with Gasteiger partial charge in [0.15, 0.2) is 5.82 Å². The minimum Gasteiger partial charge on any atom is -0.394 e. The molecule has 9 nitrogen and oxygen atoms in total. The minimum atomic E-state index is -0.418. The lowest BCUT2D eigenvalue weighted by Crippen LogP contribution is -2.33. The van der Waals surface area contributed by atoms with Crippen LogP contribution < -0.4 is 4.90 Å². The van der Waals surface area contributed by atoms with Crippen LogP contribution in [0.25, 0.3) is 0 Å². The molecule has 27 heavy (non-hydrogen) atoms. The lowest BCUT2D eigenvalue weighted by atomic mass is 10.2. The third kappa shape index (κ3) is 5.70. The molecule has 0 aromatic carbocycles. The fourth-order valence-corrected chi connectivity index (χ4v) is 2.77. The molecule has 1 fully saturated rings. The van der Waals surface area contributed by atoms with E-state index in [-0.39, 0.29) is 25.7 Å². The van der Waals surface area contributed by atoms with E-state index in [1.807, 2.05) is 37.9 Å². The van der Waals surface area contributed by atoms with Crippen molar-refractivity contribution in [1.82, 2.24) is 14.9 Å². The summed E-state index contributed by atoms with van der Waals surface area (Å²) in [7, 11) is 5.69. The average Bonchev–Trinajstić information content (AvgIpc) is 3.07. The van der Waals surface area contributed by atoms with Crippen molar-refractivity contribution in [1.29, 1.82) is 0 Å². The predicted molar refractivity (Wildman–Crippen MR) is 103 cm³/mol. The van der Waals surface area contributed by atoms with Crippen LogP contribution in [-0.2, 0) is 14.2 Å². The lowest BCUT2D eigenvalue weighted by Gasteiger charge is -2.26. The summed E-state index contributed by atoms with van der Waals surface area (Å²) in [5, 5.41) is 9.60. The van der Waals surface area contributed by atoms with Crippen molar-refractivity contribution in [3.05, 3.63) is 24.5 Å². The standard InChI is InChI=1S/C18H29N5O4/c1-6-7-25-12-26-14-8-16(27-15(14)9-24)23(5)18-13(2)17(19-10-20-18)21-11-22(3)4/h6,10-11,14-16,24H,1,7-9,12H2,2-5H3/t14?,15-,16-/m1/s1. The number of rotatable bonds is 10. The van der Waals surface area contributed by atoms with E-state index in [9.17, 15) is 5.11 Å². The molecule has 1 unspecified atom stereocenters. The summed E-state index contributed by atoms with van der Waals surface area (Å²) in [5.41, 5.74) is 0.848. The summed E-state index contributed by atoms with van der Waals surface area (Å²) in [6.07, 6.45) is 4.45. The van der Waals surface area contributed by atoms with Crippen molar-refractivity contribution in [3.8, 4) is 0 Å². The molecule has 3 atom stereocenters. The molecule has 0 saturated carbocycles. The SMILES string of the molecule is C=CCOCOC1C[C@H](N(C)c2ncnc(N=CN(C)C)c2C)O[C@@H]1CO. The maximum absolute atomic E-state index is 9.60. The Kier molecular flexibility index (Phi) is 8.11. The zero-order valence-electron chi connectivity index (χ0n) is 16.4. The van der Waals surface area contributed by atoms with Crippen molar-refractivity contribution in [2.24, 2.45) is 4.99 Å². The monoisotopic (exact) mass is 379 g/mol. The zero-order chi connectivity index (χ0) is 19.8. The van der Waals surface area contributed by atoms with Gasteiger partial charge in [0.25, 0.3) is 0 Å². The Morgan fingerprint density at radius 1 is 1.41 bits per heavy atom. The molecule has 2 rings (SSSR count). The highest BCUT2D eigenvalue weighted by Gasteiger charge is 2.38. The molecule has 1 aliphatic rings. The largest absolute Gasteiger partial charge is 0.394 e. The number of aliphatic imine (C=N–C) groups is 1. The Morgan fingerprint density at radius 2 is 2.19 bits per heavy atom. The van der Waals surface area contributed by atoms with E-state index in [0.29, 0.717) is 18.8 Å². The lowest BCUT2D eigenvalue weighted by molar-refractivity contribution is -0.111. The van der Waals surface area contributed by atoms with E-state index in [4.69, 9.17) is 14.2 Å². The smallest absolute Gasteiger partial charge is 0.161 e. The molecule has 0 amide bonds. The zero-order valence-corrected chi connectivity index (χ0v) is 16.4. The maximum atomic E-state index is 9.60. The average molecular weight is 379 g/mol. The Labute approximate surface area is 160 Å². The summed E-state index contributed by atoms with van der Waals surface area (Å²) >= 11 is 0. The summed E-state index contributed by atoms with van der Waals surface area (Å²) in [6.45, 7) is 5.93. The van der Waals surface area contributed by atoms with E-state index in [2.05, 4.69) is 21.5 Å². The fourth-order valence-electron chi connectivity index (χ4n) is 2.77. The molecule has 150 valence electrons. The van der Waals surface area contributed by atoms with Gasteiger partial charge in [0.2, 0.25) is 0 Å². The van der Waals surface area contributed by atoms with Crippen LogP contribution in [0.15, 0.2) is 24.0 Å². The molecule has 0 spiro atoms. The second kappa shape index (κ2) is 10.3. The normalized spacial score (nSPS) is 22.3. The number of ether oxygens (including phenoxy) is 3. The van der Waals surface area contributed by atoms with Crippen molar-refractivity contribution >= 4 is 18.0 Å². The molecule has 0 aliphatic carbocycles. The fraction of sp³-hybridized carbons (Fsp3) is 0.611. The molecule has 2 heterocycles. The minimum absolute atomic E-state index is 0.127. The molecular weight excluding hydrogens is 350 g/mol. The van der Waals surface area contributed by atoms with Gasteiger partial charge in [0, 0.05) is 33.1 Å². The van der Waals surface area contributed by atoms with Crippen LogP contribution in [0.1, 0.15) is 12.0 Å². The third-order valence-electron chi connectivity index (χ3n) is 4.17. The number of aliphatic hydroxyl groups is 1. The molecule has 1 aromatic heterocycles. The van der Waals surface area contributed by atoms with Gasteiger partial charge in [0.1, 0.15) is 31.3 Å². The van der Waals surface area contributed by atoms with E-state index in [0.717, 1.165) is 11.4 Å². The Balaban J connectivity index is 2.07. The summed E-state index contributed by atoms with van der Waals surface area (Å²) < 4.78 is 16.9. The van der Waals surface area contributed by atoms with Crippen molar-refractivity contribution < 1.29 is 19.3 Å². The van der Waals surface area contributed by atoms with Gasteiger partial charge < -0.3 is 29.1 Å². The van der Waals surface area contributed by atoms with E-state index < -0.39 is 6.10 Å². The van der Waals surface area contributed by atoms with Gasteiger partial charge in [0.05, 0.1) is 25.7 Å². The highest BCUT2D eigenvalue weighted by atomic mass is 16.7. The molecule has 1 aromatic rings. The number of hydrogen-bond donors (Lipinski definition) is 1. The van der Waals surface area contributed by atoms with Crippen molar-refractivity contribution in [3.63, 3.8) is 0 Å². The summed E-state index contributed by atoms with van der Waals surface area (Å²) in [5.74, 6) is 1.32. The van der Waals surface area contributed by atoms with Crippen LogP contribution in [0.4, 0.5) is 11.6 Å². The van der Waals surface area contributed by atoms with Gasteiger partial charge in [-0.3, -0.25) is 0 Å². The van der Waals surface area contributed by atoms with Crippen LogP contribution in [0.5, 0.6) is 0 Å². The van der Waals surface area contributed by atoms with E-state index >= 15 is 0 Å². The Bertz CT molecular complexity index is 640. The van der Waals surface area contributed by atoms with Crippen LogP contribution in [0.3, 0.4) is 0 Å². The van der Waals surface area contributed by atoms with Gasteiger partial charge in [-0.25, -0.2) is 15.0 Å². The molecule has 1 aliphatic heterocycles. The van der Waals surface area contributed by atoms with Gasteiger partial charge in [-0.15, -0.1) is 6.58 Å². The first-order valence-electron chi connectivity index (χ1n) is 8.79. The van der Waals surface area contributed by atoms with Gasteiger partial charge in [-0.05, 0) is 6.92 Å².